The van der Waals surface area contributed by atoms with Crippen LogP contribution in [0.5, 0.6) is 0 Å². The number of hydrogen-bond donors (Lipinski definition) is 2. The van der Waals surface area contributed by atoms with Crippen LogP contribution in [0.4, 0.5) is 10.2 Å². The van der Waals surface area contributed by atoms with E-state index in [9.17, 15) is 4.39 Å². The van der Waals surface area contributed by atoms with E-state index in [1.807, 2.05) is 6.92 Å². The van der Waals surface area contributed by atoms with E-state index in [0.717, 1.165) is 6.42 Å². The highest BCUT2D eigenvalue weighted by molar-refractivity contribution is 5.59. The van der Waals surface area contributed by atoms with E-state index < -0.39 is 0 Å². The molecule has 1 heterocycles. The normalized spacial score (nSPS) is 12.2. The van der Waals surface area contributed by atoms with Crippen molar-refractivity contribution in [3.63, 3.8) is 0 Å². The van der Waals surface area contributed by atoms with Crippen LogP contribution >= 0.6 is 0 Å². The Morgan fingerprint density at radius 1 is 1.37 bits per heavy atom. The molecule has 100 valence electrons. The number of aromatic nitrogens is 2. The van der Waals surface area contributed by atoms with Crippen LogP contribution in [0.2, 0.25) is 0 Å². The molecule has 0 aliphatic carbocycles. The molecule has 2 rings (SSSR count). The molecule has 0 radical (unpaired) electrons. The highest BCUT2D eigenvalue weighted by Gasteiger charge is 2.07. The Kier molecular flexibility index (Phi) is 4.41. The molecule has 0 aliphatic rings. The second-order valence-electron chi connectivity index (χ2n) is 4.23. The first kappa shape index (κ1) is 13.4. The molecule has 19 heavy (non-hydrogen) atoms. The van der Waals surface area contributed by atoms with Gasteiger partial charge in [0.25, 0.3) is 0 Å². The van der Waals surface area contributed by atoms with E-state index in [-0.39, 0.29) is 18.5 Å². The SMILES string of the molecule is CCC(CO)Nc1cncc(-c2cccc(F)c2)n1. The van der Waals surface area contributed by atoms with E-state index in [0.29, 0.717) is 17.1 Å². The first-order chi connectivity index (χ1) is 9.22. The summed E-state index contributed by atoms with van der Waals surface area (Å²) in [7, 11) is 0. The molecule has 0 fully saturated rings. The third-order valence-electron chi connectivity index (χ3n) is 2.82. The van der Waals surface area contributed by atoms with Crippen LogP contribution in [0, 0.1) is 5.82 Å². The second kappa shape index (κ2) is 6.24. The van der Waals surface area contributed by atoms with Crippen LogP contribution in [0.15, 0.2) is 36.7 Å². The lowest BCUT2D eigenvalue weighted by Crippen LogP contribution is -2.23. The number of hydrogen-bond acceptors (Lipinski definition) is 4. The van der Waals surface area contributed by atoms with Gasteiger partial charge >= 0.3 is 0 Å². The topological polar surface area (TPSA) is 58.0 Å². The van der Waals surface area contributed by atoms with Crippen LogP contribution in [0.25, 0.3) is 11.3 Å². The summed E-state index contributed by atoms with van der Waals surface area (Å²) in [6.07, 6.45) is 3.95. The van der Waals surface area contributed by atoms with Crippen molar-refractivity contribution in [2.24, 2.45) is 0 Å². The second-order valence-corrected chi connectivity index (χ2v) is 4.23. The molecular formula is C14H16FN3O. The zero-order chi connectivity index (χ0) is 13.7. The van der Waals surface area contributed by atoms with Gasteiger partial charge in [0.15, 0.2) is 0 Å². The molecule has 0 saturated carbocycles. The molecule has 1 aromatic heterocycles. The molecule has 1 unspecified atom stereocenters. The van der Waals surface area contributed by atoms with Gasteiger partial charge < -0.3 is 10.4 Å². The number of aliphatic hydroxyl groups is 1. The molecule has 0 bridgehead atoms. The molecule has 0 amide bonds. The lowest BCUT2D eigenvalue weighted by molar-refractivity contribution is 0.271. The Morgan fingerprint density at radius 3 is 2.89 bits per heavy atom. The van der Waals surface area contributed by atoms with Crippen molar-refractivity contribution in [1.29, 1.82) is 0 Å². The fourth-order valence-electron chi connectivity index (χ4n) is 1.71. The largest absolute Gasteiger partial charge is 0.394 e. The van der Waals surface area contributed by atoms with Crippen molar-refractivity contribution in [2.75, 3.05) is 11.9 Å². The summed E-state index contributed by atoms with van der Waals surface area (Å²) in [5.74, 6) is 0.266. The highest BCUT2D eigenvalue weighted by atomic mass is 19.1. The first-order valence-corrected chi connectivity index (χ1v) is 6.18. The molecule has 0 saturated heterocycles. The molecular weight excluding hydrogens is 245 g/mol. The quantitative estimate of drug-likeness (QED) is 0.868. The van der Waals surface area contributed by atoms with Gasteiger partial charge in [0.05, 0.1) is 30.7 Å². The Balaban J connectivity index is 2.24. The van der Waals surface area contributed by atoms with Crippen molar-refractivity contribution in [2.45, 2.75) is 19.4 Å². The third-order valence-corrected chi connectivity index (χ3v) is 2.82. The number of benzene rings is 1. The first-order valence-electron chi connectivity index (χ1n) is 6.18. The number of halogens is 1. The highest BCUT2D eigenvalue weighted by Crippen LogP contribution is 2.18. The molecule has 5 heteroatoms. The van der Waals surface area contributed by atoms with Crippen molar-refractivity contribution < 1.29 is 9.50 Å². The van der Waals surface area contributed by atoms with Gasteiger partial charge in [-0.2, -0.15) is 0 Å². The molecule has 1 atom stereocenters. The molecule has 0 aliphatic heterocycles. The van der Waals surface area contributed by atoms with Gasteiger partial charge in [0, 0.05) is 5.56 Å². The van der Waals surface area contributed by atoms with E-state index in [1.54, 1.807) is 24.5 Å². The fraction of sp³-hybridized carbons (Fsp3) is 0.286. The Bertz CT molecular complexity index is 544. The van der Waals surface area contributed by atoms with Gasteiger partial charge in [-0.05, 0) is 18.6 Å². The standard InChI is InChI=1S/C14H16FN3O/c1-2-12(9-19)17-14-8-16-7-13(18-14)10-4-3-5-11(15)6-10/h3-8,12,19H,2,9H2,1H3,(H,17,18). The van der Waals surface area contributed by atoms with Gasteiger partial charge in [-0.15, -0.1) is 0 Å². The number of rotatable bonds is 5. The maximum absolute atomic E-state index is 13.2. The maximum Gasteiger partial charge on any atom is 0.145 e. The summed E-state index contributed by atoms with van der Waals surface area (Å²) in [5, 5.41) is 12.2. The molecule has 2 aromatic rings. The summed E-state index contributed by atoms with van der Waals surface area (Å²) in [4.78, 5) is 8.45. The zero-order valence-corrected chi connectivity index (χ0v) is 10.7. The summed E-state index contributed by atoms with van der Waals surface area (Å²) < 4.78 is 13.2. The minimum atomic E-state index is -0.306. The number of nitrogens with one attached hydrogen (secondary N) is 1. The summed E-state index contributed by atoms with van der Waals surface area (Å²) in [6, 6.07) is 6.15. The van der Waals surface area contributed by atoms with Gasteiger partial charge in [-0.25, -0.2) is 9.37 Å². The maximum atomic E-state index is 13.2. The fourth-order valence-corrected chi connectivity index (χ4v) is 1.71. The number of aliphatic hydroxyl groups excluding tert-OH is 1. The molecule has 4 nitrogen and oxygen atoms in total. The minimum absolute atomic E-state index is 0.0301. The predicted molar refractivity (Wildman–Crippen MR) is 72.2 cm³/mol. The van der Waals surface area contributed by atoms with E-state index in [4.69, 9.17) is 5.11 Å². The van der Waals surface area contributed by atoms with Crippen molar-refractivity contribution in [1.82, 2.24) is 9.97 Å². The van der Waals surface area contributed by atoms with E-state index in [1.165, 1.54) is 12.1 Å². The van der Waals surface area contributed by atoms with E-state index >= 15 is 0 Å². The van der Waals surface area contributed by atoms with Crippen molar-refractivity contribution in [3.05, 3.63) is 42.5 Å². The number of anilines is 1. The average molecular weight is 261 g/mol. The molecule has 1 aromatic carbocycles. The van der Waals surface area contributed by atoms with Gasteiger partial charge in [0.1, 0.15) is 11.6 Å². The van der Waals surface area contributed by atoms with Crippen LogP contribution < -0.4 is 5.32 Å². The van der Waals surface area contributed by atoms with Crippen LogP contribution in [0.3, 0.4) is 0 Å². The summed E-state index contributed by atoms with van der Waals surface area (Å²) in [5.41, 5.74) is 1.27. The smallest absolute Gasteiger partial charge is 0.145 e. The number of nitrogens with zero attached hydrogens (tertiary/aromatic N) is 2. The van der Waals surface area contributed by atoms with Crippen LogP contribution in [0.1, 0.15) is 13.3 Å². The van der Waals surface area contributed by atoms with E-state index in [2.05, 4.69) is 15.3 Å². The van der Waals surface area contributed by atoms with Crippen LogP contribution in [-0.2, 0) is 0 Å². The molecule has 2 N–H and O–H groups in total. The van der Waals surface area contributed by atoms with Gasteiger partial charge in [-0.3, -0.25) is 4.98 Å². The van der Waals surface area contributed by atoms with Crippen LogP contribution in [-0.4, -0.2) is 27.7 Å². The average Bonchev–Trinajstić information content (AvgIpc) is 2.45. The van der Waals surface area contributed by atoms with Gasteiger partial charge in [-0.1, -0.05) is 19.1 Å². The molecule has 0 spiro atoms. The zero-order valence-electron chi connectivity index (χ0n) is 10.7. The summed E-state index contributed by atoms with van der Waals surface area (Å²) in [6.45, 7) is 2.00. The minimum Gasteiger partial charge on any atom is -0.394 e. The predicted octanol–water partition coefficient (Wildman–Crippen LogP) is 2.47. The monoisotopic (exact) mass is 261 g/mol. The Hall–Kier alpha value is -2.01. The summed E-state index contributed by atoms with van der Waals surface area (Å²) >= 11 is 0. The third kappa shape index (κ3) is 3.48. The Labute approximate surface area is 111 Å². The Morgan fingerprint density at radius 2 is 2.21 bits per heavy atom. The van der Waals surface area contributed by atoms with Crippen molar-refractivity contribution in [3.8, 4) is 11.3 Å². The lowest BCUT2D eigenvalue weighted by Gasteiger charge is -2.14. The van der Waals surface area contributed by atoms with Gasteiger partial charge in [0.2, 0.25) is 0 Å². The lowest BCUT2D eigenvalue weighted by atomic mass is 10.1. The van der Waals surface area contributed by atoms with Crippen molar-refractivity contribution >= 4 is 5.82 Å².